The van der Waals surface area contributed by atoms with Crippen LogP contribution in [0.4, 0.5) is 0 Å². The molecule has 3 aromatic rings. The van der Waals surface area contributed by atoms with Crippen molar-refractivity contribution in [3.05, 3.63) is 53.5 Å². The highest BCUT2D eigenvalue weighted by Gasteiger charge is 2.23. The van der Waals surface area contributed by atoms with Crippen molar-refractivity contribution < 1.29 is 14.3 Å². The molecule has 4 heterocycles. The largest absolute Gasteiger partial charge is 0.454 e. The number of carbonyl (C=O) groups excluding carboxylic acids is 1. The van der Waals surface area contributed by atoms with Gasteiger partial charge in [0.05, 0.1) is 0 Å². The predicted octanol–water partition coefficient (Wildman–Crippen LogP) is 1.72. The number of aryl methyl sites for hydroxylation is 1. The fraction of sp³-hybridized carbons (Fsp3) is 0.350. The third-order valence-electron chi connectivity index (χ3n) is 5.33. The van der Waals surface area contributed by atoms with E-state index in [1.54, 1.807) is 6.07 Å². The molecule has 1 amide bonds. The Hall–Kier alpha value is -3.13. The Morgan fingerprint density at radius 2 is 1.86 bits per heavy atom. The van der Waals surface area contributed by atoms with Crippen molar-refractivity contribution in [1.82, 2.24) is 24.4 Å². The van der Waals surface area contributed by atoms with E-state index >= 15 is 0 Å². The summed E-state index contributed by atoms with van der Waals surface area (Å²) in [5.41, 5.74) is 2.55. The molecule has 8 heteroatoms. The molecule has 0 atom stereocenters. The highest BCUT2D eigenvalue weighted by molar-refractivity contribution is 5.95. The summed E-state index contributed by atoms with van der Waals surface area (Å²) in [6.07, 6.45) is 1.85. The van der Waals surface area contributed by atoms with Crippen LogP contribution in [0.15, 0.2) is 36.5 Å². The Bertz CT molecular complexity index is 1040. The van der Waals surface area contributed by atoms with Gasteiger partial charge in [-0.2, -0.15) is 0 Å². The molecule has 28 heavy (non-hydrogen) atoms. The maximum absolute atomic E-state index is 12.9. The SMILES string of the molecule is Cc1nnc2cc(C(=O)N3CCN(Cc4ccc5c(c4)OCO5)CC3)ccn12. The molecule has 5 rings (SSSR count). The van der Waals surface area contributed by atoms with Gasteiger partial charge in [0.25, 0.3) is 5.91 Å². The normalized spacial score (nSPS) is 16.7. The summed E-state index contributed by atoms with van der Waals surface area (Å²) in [7, 11) is 0. The fourth-order valence-corrected chi connectivity index (χ4v) is 3.73. The number of piperazine rings is 1. The van der Waals surface area contributed by atoms with Crippen molar-refractivity contribution in [2.75, 3.05) is 33.0 Å². The molecule has 0 aliphatic carbocycles. The van der Waals surface area contributed by atoms with Crippen LogP contribution in [0.25, 0.3) is 5.65 Å². The van der Waals surface area contributed by atoms with Crippen LogP contribution in [0.3, 0.4) is 0 Å². The average molecular weight is 379 g/mol. The molecule has 0 radical (unpaired) electrons. The van der Waals surface area contributed by atoms with E-state index in [0.717, 1.165) is 37.0 Å². The maximum Gasteiger partial charge on any atom is 0.254 e. The summed E-state index contributed by atoms with van der Waals surface area (Å²) < 4.78 is 12.7. The number of benzene rings is 1. The first kappa shape index (κ1) is 17.0. The molecule has 1 fully saturated rings. The molecule has 8 nitrogen and oxygen atoms in total. The van der Waals surface area contributed by atoms with Crippen LogP contribution in [0.2, 0.25) is 0 Å². The van der Waals surface area contributed by atoms with Crippen LogP contribution in [-0.2, 0) is 6.54 Å². The number of hydrogen-bond donors (Lipinski definition) is 0. The van der Waals surface area contributed by atoms with Crippen molar-refractivity contribution in [1.29, 1.82) is 0 Å². The van der Waals surface area contributed by atoms with Crippen LogP contribution >= 0.6 is 0 Å². The fourth-order valence-electron chi connectivity index (χ4n) is 3.73. The van der Waals surface area contributed by atoms with Crippen molar-refractivity contribution in [3.8, 4) is 11.5 Å². The molecule has 2 aromatic heterocycles. The number of carbonyl (C=O) groups is 1. The summed E-state index contributed by atoms with van der Waals surface area (Å²) in [5, 5.41) is 8.15. The van der Waals surface area contributed by atoms with Gasteiger partial charge in [0, 0.05) is 44.5 Å². The number of pyridine rings is 1. The number of nitrogens with zero attached hydrogens (tertiary/aromatic N) is 5. The lowest BCUT2D eigenvalue weighted by atomic mass is 10.1. The van der Waals surface area contributed by atoms with E-state index in [2.05, 4.69) is 21.2 Å². The predicted molar refractivity (Wildman–Crippen MR) is 101 cm³/mol. The van der Waals surface area contributed by atoms with Gasteiger partial charge in [-0.25, -0.2) is 0 Å². The Morgan fingerprint density at radius 3 is 2.71 bits per heavy atom. The first-order valence-electron chi connectivity index (χ1n) is 9.39. The van der Waals surface area contributed by atoms with E-state index in [0.29, 0.717) is 31.1 Å². The summed E-state index contributed by atoms with van der Waals surface area (Å²) in [5.74, 6) is 2.47. The van der Waals surface area contributed by atoms with E-state index in [1.807, 2.05) is 40.6 Å². The van der Waals surface area contributed by atoms with Gasteiger partial charge in [-0.1, -0.05) is 6.07 Å². The average Bonchev–Trinajstić information content (AvgIpc) is 3.34. The van der Waals surface area contributed by atoms with Gasteiger partial charge in [0.2, 0.25) is 6.79 Å². The summed E-state index contributed by atoms with van der Waals surface area (Å²) in [6.45, 7) is 6.11. The van der Waals surface area contributed by atoms with Crippen LogP contribution in [0.5, 0.6) is 11.5 Å². The Kier molecular flexibility index (Phi) is 4.12. The molecule has 1 saturated heterocycles. The molecule has 0 saturated carbocycles. The number of amides is 1. The first-order valence-corrected chi connectivity index (χ1v) is 9.39. The van der Waals surface area contributed by atoms with Crippen LogP contribution in [0.1, 0.15) is 21.7 Å². The second-order valence-electron chi connectivity index (χ2n) is 7.15. The van der Waals surface area contributed by atoms with Gasteiger partial charge >= 0.3 is 0 Å². The summed E-state index contributed by atoms with van der Waals surface area (Å²) >= 11 is 0. The Morgan fingerprint density at radius 1 is 1.04 bits per heavy atom. The van der Waals surface area contributed by atoms with Crippen molar-refractivity contribution in [2.45, 2.75) is 13.5 Å². The zero-order chi connectivity index (χ0) is 19.1. The van der Waals surface area contributed by atoms with E-state index in [4.69, 9.17) is 9.47 Å². The van der Waals surface area contributed by atoms with E-state index in [-0.39, 0.29) is 5.91 Å². The lowest BCUT2D eigenvalue weighted by Gasteiger charge is -2.34. The number of ether oxygens (including phenoxy) is 2. The Labute approximate surface area is 162 Å². The van der Waals surface area contributed by atoms with Gasteiger partial charge in [0.1, 0.15) is 5.82 Å². The molecule has 1 aromatic carbocycles. The molecular weight excluding hydrogens is 358 g/mol. The van der Waals surface area contributed by atoms with Crippen molar-refractivity contribution in [2.24, 2.45) is 0 Å². The number of fused-ring (bicyclic) bond motifs is 2. The summed E-state index contributed by atoms with van der Waals surface area (Å²) in [4.78, 5) is 17.1. The molecule has 2 aliphatic rings. The molecule has 0 spiro atoms. The van der Waals surface area contributed by atoms with Crippen molar-refractivity contribution in [3.63, 3.8) is 0 Å². The standard InChI is InChI=1S/C20H21N5O3/c1-14-21-22-19-11-16(4-5-25(14)19)20(26)24-8-6-23(7-9-24)12-15-2-3-17-18(10-15)28-13-27-17/h2-5,10-11H,6-9,12-13H2,1H3. The molecule has 0 N–H and O–H groups in total. The van der Waals surface area contributed by atoms with Crippen LogP contribution in [0, 0.1) is 6.92 Å². The monoisotopic (exact) mass is 379 g/mol. The Balaban J connectivity index is 1.22. The minimum atomic E-state index is 0.0471. The maximum atomic E-state index is 12.9. The molecule has 144 valence electrons. The van der Waals surface area contributed by atoms with Gasteiger partial charge in [-0.15, -0.1) is 10.2 Å². The van der Waals surface area contributed by atoms with Gasteiger partial charge < -0.3 is 14.4 Å². The lowest BCUT2D eigenvalue weighted by molar-refractivity contribution is 0.0628. The zero-order valence-electron chi connectivity index (χ0n) is 15.7. The number of hydrogen-bond acceptors (Lipinski definition) is 6. The third-order valence-corrected chi connectivity index (χ3v) is 5.33. The van der Waals surface area contributed by atoms with Gasteiger partial charge in [-0.05, 0) is 36.8 Å². The topological polar surface area (TPSA) is 72.2 Å². The molecule has 2 aliphatic heterocycles. The van der Waals surface area contributed by atoms with E-state index in [1.165, 1.54) is 5.56 Å². The number of rotatable bonds is 3. The smallest absolute Gasteiger partial charge is 0.254 e. The molecule has 0 bridgehead atoms. The minimum Gasteiger partial charge on any atom is -0.454 e. The zero-order valence-corrected chi connectivity index (χ0v) is 15.7. The van der Waals surface area contributed by atoms with E-state index < -0.39 is 0 Å². The molecular formula is C20H21N5O3. The second-order valence-corrected chi connectivity index (χ2v) is 7.15. The summed E-state index contributed by atoms with van der Waals surface area (Å²) in [6, 6.07) is 9.71. The number of aromatic nitrogens is 3. The van der Waals surface area contributed by atoms with E-state index in [9.17, 15) is 4.79 Å². The van der Waals surface area contributed by atoms with Crippen LogP contribution in [-0.4, -0.2) is 63.3 Å². The van der Waals surface area contributed by atoms with Gasteiger partial charge in [-0.3, -0.25) is 14.1 Å². The minimum absolute atomic E-state index is 0.0471. The molecule has 0 unspecified atom stereocenters. The van der Waals surface area contributed by atoms with Gasteiger partial charge in [0.15, 0.2) is 17.1 Å². The lowest BCUT2D eigenvalue weighted by Crippen LogP contribution is -2.48. The van der Waals surface area contributed by atoms with Crippen LogP contribution < -0.4 is 9.47 Å². The van der Waals surface area contributed by atoms with Crippen molar-refractivity contribution >= 4 is 11.6 Å². The first-order chi connectivity index (χ1) is 13.7. The third kappa shape index (κ3) is 3.05. The highest BCUT2D eigenvalue weighted by atomic mass is 16.7. The second kappa shape index (κ2) is 6.79. The quantitative estimate of drug-likeness (QED) is 0.690. The highest BCUT2D eigenvalue weighted by Crippen LogP contribution is 2.32.